The fourth-order valence-corrected chi connectivity index (χ4v) is 31.8. The molecule has 4 aliphatic heterocycles. The molecule has 1 aliphatic carbocycles. The normalized spacial score (nSPS) is 28.7. The molecule has 0 unspecified atom stereocenters. The van der Waals surface area contributed by atoms with Gasteiger partial charge in [0, 0.05) is 0 Å². The summed E-state index contributed by atoms with van der Waals surface area (Å²) < 4.78 is 39.3. The molecule has 5 aliphatic rings. The van der Waals surface area contributed by atoms with Crippen LogP contribution >= 0.6 is 22.6 Å². The molecule has 8 atom stereocenters. The Morgan fingerprint density at radius 2 is 1.49 bits per heavy atom. The first kappa shape index (κ1) is 56.1. The average Bonchev–Trinajstić information content (AvgIpc) is 3.56. The molecule has 0 aromatic heterocycles. The average molecular weight is 1160 g/mol. The van der Waals surface area contributed by atoms with Gasteiger partial charge in [0.15, 0.2) is 0 Å². The Morgan fingerprint density at radius 3 is 2.12 bits per heavy atom. The minimum absolute atomic E-state index is 0.0694. The molecular weight excluding hydrogens is 1060 g/mol. The van der Waals surface area contributed by atoms with Crippen molar-refractivity contribution in [2.24, 2.45) is 17.3 Å². The minimum atomic E-state index is -2.79. The molecule has 9 heteroatoms. The van der Waals surface area contributed by atoms with E-state index in [-0.39, 0.29) is 29.4 Å². The van der Waals surface area contributed by atoms with E-state index in [4.69, 9.17) is 18.6 Å². The Balaban J connectivity index is 1.60. The second kappa shape index (κ2) is 28.3. The van der Waals surface area contributed by atoms with Gasteiger partial charge in [0.05, 0.1) is 0 Å². The van der Waals surface area contributed by atoms with Crippen molar-refractivity contribution in [3.63, 3.8) is 0 Å². The molecule has 6 rings (SSSR count). The number of benzene rings is 1. The third-order valence-electron chi connectivity index (χ3n) is 18.1. The predicted molar refractivity (Wildman–Crippen MR) is 299 cm³/mol. The van der Waals surface area contributed by atoms with E-state index in [9.17, 15) is 0 Å². The van der Waals surface area contributed by atoms with Crippen molar-refractivity contribution in [1.29, 1.82) is 0 Å². The topological polar surface area (TPSA) is 43.4 Å². The number of unbranched alkanes of at least 4 members (excludes halogenated alkanes) is 3. The Morgan fingerprint density at radius 1 is 0.836 bits per heavy atom. The van der Waals surface area contributed by atoms with Crippen LogP contribution < -0.4 is 4.74 Å². The van der Waals surface area contributed by atoms with Crippen LogP contribution in [0, 0.1) is 17.3 Å². The van der Waals surface area contributed by atoms with Crippen molar-refractivity contribution in [3.05, 3.63) is 62.3 Å². The van der Waals surface area contributed by atoms with Gasteiger partial charge in [0.25, 0.3) is 0 Å². The van der Waals surface area contributed by atoms with Crippen LogP contribution in [0.2, 0.25) is 31.4 Å². The number of allylic oxidation sites excluding steroid dienone is 3. The molecule has 0 N–H and O–H groups in total. The van der Waals surface area contributed by atoms with Crippen LogP contribution in [-0.4, -0.2) is 99.9 Å². The number of hydrogen-bond acceptors (Lipinski definition) is 6. The van der Waals surface area contributed by atoms with Gasteiger partial charge in [-0.1, -0.05) is 28.7 Å². The molecule has 1 aromatic carbocycles. The van der Waals surface area contributed by atoms with Crippen molar-refractivity contribution in [2.45, 2.75) is 238 Å². The van der Waals surface area contributed by atoms with Gasteiger partial charge in [-0.25, -0.2) is 0 Å². The number of halogens is 1. The molecule has 67 heavy (non-hydrogen) atoms. The van der Waals surface area contributed by atoms with Gasteiger partial charge in [-0.2, -0.15) is 0 Å². The van der Waals surface area contributed by atoms with Crippen LogP contribution in [-0.2, 0) is 20.5 Å². The van der Waals surface area contributed by atoms with Gasteiger partial charge in [0.1, 0.15) is 0 Å². The summed E-state index contributed by atoms with van der Waals surface area (Å²) in [7, 11) is -0.362. The first-order chi connectivity index (χ1) is 32.8. The molecule has 5 bridgehead atoms. The van der Waals surface area contributed by atoms with Gasteiger partial charge in [-0.15, -0.1) is 0 Å². The van der Waals surface area contributed by atoms with Crippen molar-refractivity contribution in [3.8, 4) is 5.75 Å². The van der Waals surface area contributed by atoms with E-state index < -0.39 is 26.7 Å². The number of rotatable bonds is 27. The Kier molecular flexibility index (Phi) is 23.7. The third kappa shape index (κ3) is 13.7. The number of ether oxygens (including phenoxy) is 3. The molecule has 1 aromatic rings. The quantitative estimate of drug-likeness (QED) is 0.0497. The number of hydrogen-bond donors (Lipinski definition) is 0. The zero-order valence-electron chi connectivity index (χ0n) is 44.1. The zero-order chi connectivity index (χ0) is 47.6. The van der Waals surface area contributed by atoms with Crippen molar-refractivity contribution >= 4 is 49.3 Å². The van der Waals surface area contributed by atoms with Crippen LogP contribution in [0.25, 0.3) is 0 Å². The van der Waals surface area contributed by atoms with Crippen molar-refractivity contribution in [1.82, 2.24) is 9.80 Å². The molecule has 4 saturated heterocycles. The van der Waals surface area contributed by atoms with E-state index in [1.54, 1.807) is 7.11 Å². The monoisotopic (exact) mass is 1160 g/mol. The second-order valence-electron chi connectivity index (χ2n) is 22.1. The summed E-state index contributed by atoms with van der Waals surface area (Å²) in [6, 6.07) is 12.6. The predicted octanol–water partition coefficient (Wildman–Crippen LogP) is 16.2. The standard InChI is InChI=1S/C46H72IN2O4Si.3C4H9.Sn/c1-6-41(53-54(7-2,8-3)9-4)43(51-35-37-24-26-39(50-5)27-25-37)46-40-28-32-48-31-22-18-13-11-10-12-16-20-29-45(44(46)48)33-38(40)34-49(46)42(52-36-45)23-19-15-14-17-21-30-47;3*1-3-4-2;/h1,6,14-15,21,24-27,30,38,40-44H,7-13,16-20,22-23,28-29,31-36H2,2-5H3;3*1,3-4H2,2H3;/b6-1?,15-14-,30-21-;;;;/t38-,40+,41-,42-,43+,44-,45-,46+;;;;/m0..../s1. The summed E-state index contributed by atoms with van der Waals surface area (Å²) in [5, 5.41) is 0. The van der Waals surface area contributed by atoms with Crippen LogP contribution in [0.5, 0.6) is 5.75 Å². The maximum absolute atomic E-state index is 8.28. The fraction of sp³-hybridized carbons (Fsp3) is 0.793. The van der Waals surface area contributed by atoms with E-state index in [1.807, 2.05) is 0 Å². The molecule has 0 spiro atoms. The molecule has 4 heterocycles. The van der Waals surface area contributed by atoms with E-state index in [1.165, 1.54) is 141 Å². The molecule has 380 valence electrons. The molecule has 5 fully saturated rings. The Bertz CT molecular complexity index is 1630. The molecule has 1 saturated carbocycles. The third-order valence-corrected chi connectivity index (χ3v) is 37.4. The van der Waals surface area contributed by atoms with Crippen LogP contribution in [0.1, 0.15) is 176 Å². The van der Waals surface area contributed by atoms with Gasteiger partial charge >= 0.3 is 402 Å². The van der Waals surface area contributed by atoms with Gasteiger partial charge < -0.3 is 0 Å². The molecule has 0 radical (unpaired) electrons. The Hall–Kier alpha value is -0.214. The van der Waals surface area contributed by atoms with Crippen molar-refractivity contribution < 1.29 is 18.6 Å². The number of nitrogens with zero attached hydrogens (tertiary/aromatic N) is 2. The van der Waals surface area contributed by atoms with Crippen molar-refractivity contribution in [2.75, 3.05) is 33.4 Å². The first-order valence-corrected chi connectivity index (χ1v) is 39.9. The Labute approximate surface area is 431 Å². The fourth-order valence-electron chi connectivity index (χ4n) is 14.4. The molecule has 0 amide bonds. The summed E-state index contributed by atoms with van der Waals surface area (Å²) >= 11 is -0.444. The maximum atomic E-state index is 8.28. The second-order valence-corrected chi connectivity index (χ2v) is 40.6. The number of piperidine rings is 1. The summed E-state index contributed by atoms with van der Waals surface area (Å²) in [6.07, 6.45) is 35.5. The summed E-state index contributed by atoms with van der Waals surface area (Å²) in [5.41, 5.74) is 1.10. The summed E-state index contributed by atoms with van der Waals surface area (Å²) in [4.78, 5) is 6.13. The molecule has 6 nitrogen and oxygen atoms in total. The first-order valence-electron chi connectivity index (χ1n) is 28.4. The van der Waals surface area contributed by atoms with Crippen LogP contribution in [0.15, 0.2) is 56.7 Å². The zero-order valence-corrected chi connectivity index (χ0v) is 50.1. The van der Waals surface area contributed by atoms with Crippen LogP contribution in [0.3, 0.4) is 0 Å². The van der Waals surface area contributed by atoms with Gasteiger partial charge in [-0.3, -0.25) is 0 Å². The van der Waals surface area contributed by atoms with E-state index >= 15 is 0 Å². The van der Waals surface area contributed by atoms with Gasteiger partial charge in [-0.05, 0) is 4.08 Å². The summed E-state index contributed by atoms with van der Waals surface area (Å²) in [5.74, 6) is 2.12. The summed E-state index contributed by atoms with van der Waals surface area (Å²) in [6.45, 7) is 19.6. The van der Waals surface area contributed by atoms with E-state index in [0.29, 0.717) is 24.5 Å². The van der Waals surface area contributed by atoms with Gasteiger partial charge in [0.2, 0.25) is 0 Å². The van der Waals surface area contributed by atoms with Crippen LogP contribution in [0.4, 0.5) is 0 Å². The number of methoxy groups -OCH3 is 1. The molecular formula is C58H99IN2O4SiSn. The SMILES string of the molecule is CCC[CH2][Sn](/[CH]=C/[C@H](O[Si](CC)(CC)CC)[C@@H](OCc1ccc(OC)cc1)[C@@]12[C@@H]3CCN4CCCCCCCCCC[C@]5(CO[C@@H](CC/C=C\C/C=C\I)N1C[C@@H]3C5)[C@H]42)([CH2]CCC)[CH2]CCC. The van der Waals surface area contributed by atoms with E-state index in [2.05, 4.69) is 131 Å². The van der Waals surface area contributed by atoms with E-state index in [0.717, 1.165) is 56.3 Å².